The largest absolute Gasteiger partial charge is 0.397 e. The van der Waals surface area contributed by atoms with E-state index in [1.54, 1.807) is 43.3 Å². The number of hydrogen-bond acceptors (Lipinski definition) is 4. The highest BCUT2D eigenvalue weighted by Crippen LogP contribution is 2.30. The van der Waals surface area contributed by atoms with Crippen molar-refractivity contribution in [2.75, 3.05) is 16.6 Å². The van der Waals surface area contributed by atoms with Crippen LogP contribution < -0.4 is 10.0 Å². The summed E-state index contributed by atoms with van der Waals surface area (Å²) in [6.07, 6.45) is 0. The van der Waals surface area contributed by atoms with Crippen LogP contribution in [0.3, 0.4) is 0 Å². The number of sulfonamides is 1. The van der Waals surface area contributed by atoms with Crippen LogP contribution in [-0.2, 0) is 10.0 Å². The van der Waals surface area contributed by atoms with Crippen molar-refractivity contribution < 1.29 is 8.42 Å². The minimum Gasteiger partial charge on any atom is -0.397 e. The van der Waals surface area contributed by atoms with Gasteiger partial charge in [-0.25, -0.2) is 8.42 Å². The Morgan fingerprint density at radius 1 is 1.10 bits per heavy atom. The van der Waals surface area contributed by atoms with E-state index in [9.17, 15) is 8.42 Å². The average molecular weight is 308 g/mol. The molecule has 0 aliphatic heterocycles. The monoisotopic (exact) mass is 308 g/mol. The number of anilines is 2. The lowest BCUT2D eigenvalue weighted by molar-refractivity contribution is 0.592. The van der Waals surface area contributed by atoms with Crippen molar-refractivity contribution in [3.63, 3.8) is 0 Å². The minimum atomic E-state index is -3.70. The first kappa shape index (κ1) is 14.7. The summed E-state index contributed by atoms with van der Waals surface area (Å²) in [5, 5.41) is 0. The van der Waals surface area contributed by atoms with Gasteiger partial charge in [0.05, 0.1) is 11.4 Å². The summed E-state index contributed by atoms with van der Waals surface area (Å²) < 4.78 is 26.8. The molecule has 2 N–H and O–H groups in total. The molecule has 0 aliphatic rings. The SMILES string of the molecule is CCN(c1ccccc1)S(=O)(=O)c1cccc(S)c1N. The lowest BCUT2D eigenvalue weighted by Gasteiger charge is -2.23. The molecule has 0 amide bonds. The van der Waals surface area contributed by atoms with Crippen LogP contribution in [-0.4, -0.2) is 15.0 Å². The smallest absolute Gasteiger partial charge is 0.266 e. The highest BCUT2D eigenvalue weighted by Gasteiger charge is 2.26. The molecule has 2 rings (SSSR count). The number of hydrogen-bond donors (Lipinski definition) is 2. The molecule has 0 spiro atoms. The van der Waals surface area contributed by atoms with Gasteiger partial charge >= 0.3 is 0 Å². The Hall–Kier alpha value is -1.66. The van der Waals surface area contributed by atoms with Gasteiger partial charge in [0.25, 0.3) is 10.0 Å². The fraction of sp³-hybridized carbons (Fsp3) is 0.143. The molecule has 106 valence electrons. The van der Waals surface area contributed by atoms with Crippen molar-refractivity contribution in [3.8, 4) is 0 Å². The number of thiol groups is 1. The standard InChI is InChI=1S/C14H16N2O2S2/c1-2-16(11-7-4-3-5-8-11)20(17,18)13-10-6-9-12(19)14(13)15/h3-10,19H,2,15H2,1H3. The van der Waals surface area contributed by atoms with Crippen molar-refractivity contribution in [1.29, 1.82) is 0 Å². The fourth-order valence-electron chi connectivity index (χ4n) is 1.96. The first-order chi connectivity index (χ1) is 9.48. The maximum atomic E-state index is 12.7. The quantitative estimate of drug-likeness (QED) is 0.674. The third-order valence-electron chi connectivity index (χ3n) is 2.94. The van der Waals surface area contributed by atoms with Crippen molar-refractivity contribution in [2.45, 2.75) is 16.7 Å². The van der Waals surface area contributed by atoms with Crippen LogP contribution in [0.15, 0.2) is 58.3 Å². The predicted octanol–water partition coefficient (Wildman–Crippen LogP) is 2.77. The maximum absolute atomic E-state index is 12.7. The number of rotatable bonds is 4. The molecule has 0 radical (unpaired) electrons. The van der Waals surface area contributed by atoms with Gasteiger partial charge in [0, 0.05) is 11.4 Å². The van der Waals surface area contributed by atoms with Gasteiger partial charge in [0.1, 0.15) is 4.90 Å². The third kappa shape index (κ3) is 2.62. The van der Waals surface area contributed by atoms with Gasteiger partial charge in [-0.2, -0.15) is 0 Å². The second-order valence-electron chi connectivity index (χ2n) is 4.19. The van der Waals surface area contributed by atoms with Crippen LogP contribution in [0.25, 0.3) is 0 Å². The van der Waals surface area contributed by atoms with E-state index < -0.39 is 10.0 Å². The molecule has 0 aromatic heterocycles. The van der Waals surface area contributed by atoms with E-state index in [4.69, 9.17) is 5.73 Å². The van der Waals surface area contributed by atoms with E-state index in [2.05, 4.69) is 12.6 Å². The Morgan fingerprint density at radius 3 is 2.35 bits per heavy atom. The molecular formula is C14H16N2O2S2. The van der Waals surface area contributed by atoms with Crippen molar-refractivity contribution in [3.05, 3.63) is 48.5 Å². The fourth-order valence-corrected chi connectivity index (χ4v) is 3.86. The predicted molar refractivity (Wildman–Crippen MR) is 84.8 cm³/mol. The summed E-state index contributed by atoms with van der Waals surface area (Å²) in [7, 11) is -3.70. The number of nitrogens with zero attached hydrogens (tertiary/aromatic N) is 1. The lowest BCUT2D eigenvalue weighted by Crippen LogP contribution is -2.31. The van der Waals surface area contributed by atoms with Gasteiger partial charge in [-0.3, -0.25) is 4.31 Å². The highest BCUT2D eigenvalue weighted by molar-refractivity contribution is 7.93. The van der Waals surface area contributed by atoms with E-state index >= 15 is 0 Å². The van der Waals surface area contributed by atoms with Crippen LogP contribution >= 0.6 is 12.6 Å². The van der Waals surface area contributed by atoms with E-state index in [1.807, 2.05) is 6.07 Å². The summed E-state index contributed by atoms with van der Waals surface area (Å²) in [5.74, 6) is 0. The second-order valence-corrected chi connectivity index (χ2v) is 6.51. The van der Waals surface area contributed by atoms with E-state index in [0.29, 0.717) is 17.1 Å². The molecule has 0 bridgehead atoms. The van der Waals surface area contributed by atoms with Gasteiger partial charge < -0.3 is 5.73 Å². The zero-order valence-electron chi connectivity index (χ0n) is 11.0. The number of para-hydroxylation sites is 2. The van der Waals surface area contributed by atoms with E-state index in [-0.39, 0.29) is 10.6 Å². The molecule has 20 heavy (non-hydrogen) atoms. The van der Waals surface area contributed by atoms with Gasteiger partial charge in [-0.15, -0.1) is 12.6 Å². The van der Waals surface area contributed by atoms with Gasteiger partial charge in [0.2, 0.25) is 0 Å². The number of benzene rings is 2. The summed E-state index contributed by atoms with van der Waals surface area (Å²) in [4.78, 5) is 0.533. The molecule has 0 saturated heterocycles. The minimum absolute atomic E-state index is 0.0794. The highest BCUT2D eigenvalue weighted by atomic mass is 32.2. The second kappa shape index (κ2) is 5.76. The third-order valence-corrected chi connectivity index (χ3v) is 5.29. The molecule has 2 aromatic carbocycles. The zero-order chi connectivity index (χ0) is 14.8. The molecule has 4 nitrogen and oxygen atoms in total. The molecule has 0 atom stereocenters. The van der Waals surface area contributed by atoms with Gasteiger partial charge in [-0.1, -0.05) is 24.3 Å². The Morgan fingerprint density at radius 2 is 1.75 bits per heavy atom. The van der Waals surface area contributed by atoms with Crippen LogP contribution in [0.4, 0.5) is 11.4 Å². The van der Waals surface area contributed by atoms with Crippen molar-refractivity contribution in [2.24, 2.45) is 0 Å². The topological polar surface area (TPSA) is 63.4 Å². The number of nitrogens with two attached hydrogens (primary N) is 1. The lowest BCUT2D eigenvalue weighted by atomic mass is 10.3. The van der Waals surface area contributed by atoms with Gasteiger partial charge in [-0.05, 0) is 31.2 Å². The molecule has 0 heterocycles. The molecule has 6 heteroatoms. The average Bonchev–Trinajstić information content (AvgIpc) is 2.43. The molecular weight excluding hydrogens is 292 g/mol. The maximum Gasteiger partial charge on any atom is 0.266 e. The summed E-state index contributed by atoms with van der Waals surface area (Å²) in [5.41, 5.74) is 6.64. The van der Waals surface area contributed by atoms with Gasteiger partial charge in [0.15, 0.2) is 0 Å². The molecule has 0 aliphatic carbocycles. The molecule has 2 aromatic rings. The zero-order valence-corrected chi connectivity index (χ0v) is 12.7. The first-order valence-electron chi connectivity index (χ1n) is 6.13. The number of nitrogen functional groups attached to an aromatic ring is 1. The summed E-state index contributed by atoms with van der Waals surface area (Å²) in [6.45, 7) is 2.11. The molecule has 0 unspecified atom stereocenters. The van der Waals surface area contributed by atoms with Crippen LogP contribution in [0.1, 0.15) is 6.92 Å². The van der Waals surface area contributed by atoms with Crippen molar-refractivity contribution in [1.82, 2.24) is 0 Å². The summed E-state index contributed by atoms with van der Waals surface area (Å²) >= 11 is 4.18. The van der Waals surface area contributed by atoms with E-state index in [0.717, 1.165) is 0 Å². The Balaban J connectivity index is 2.56. The van der Waals surface area contributed by atoms with Crippen LogP contribution in [0.5, 0.6) is 0 Å². The Bertz CT molecular complexity index is 700. The normalized spacial score (nSPS) is 11.3. The molecule has 0 fully saturated rings. The Labute approximate surface area is 124 Å². The van der Waals surface area contributed by atoms with Crippen molar-refractivity contribution >= 4 is 34.0 Å². The molecule has 0 saturated carbocycles. The first-order valence-corrected chi connectivity index (χ1v) is 8.02. The van der Waals surface area contributed by atoms with Crippen LogP contribution in [0, 0.1) is 0 Å². The van der Waals surface area contributed by atoms with Crippen LogP contribution in [0.2, 0.25) is 0 Å². The van der Waals surface area contributed by atoms with E-state index in [1.165, 1.54) is 10.4 Å². The Kier molecular flexibility index (Phi) is 4.25. The summed E-state index contributed by atoms with van der Waals surface area (Å²) in [6, 6.07) is 13.7.